The van der Waals surface area contributed by atoms with E-state index in [4.69, 9.17) is 37.4 Å². The van der Waals surface area contributed by atoms with Crippen molar-refractivity contribution in [3.05, 3.63) is 118 Å². The Balaban J connectivity index is 1.37. The average Bonchev–Trinajstić information content (AvgIpc) is 2.98. The minimum absolute atomic E-state index is 0.254. The van der Waals surface area contributed by atoms with E-state index in [1.165, 1.54) is 6.21 Å². The van der Waals surface area contributed by atoms with Crippen molar-refractivity contribution in [1.82, 2.24) is 5.43 Å². The molecule has 0 spiro atoms. The number of hydrogen-bond acceptors (Lipinski definition) is 6. The number of nitrogens with one attached hydrogen (secondary N) is 2. The van der Waals surface area contributed by atoms with Crippen molar-refractivity contribution >= 4 is 46.9 Å². The molecule has 0 unspecified atom stereocenters. The SMILES string of the molecule is CCOc1cc(C(=O)N/N=C/c2cc(Cl)ccc2OCC(=O)Nc2ccc(Cl)cc2)ccc1OCc1ccccc1. The van der Waals surface area contributed by atoms with Gasteiger partial charge in [0.15, 0.2) is 18.1 Å². The first-order valence-corrected chi connectivity index (χ1v) is 13.4. The molecule has 0 saturated carbocycles. The average molecular weight is 592 g/mol. The van der Waals surface area contributed by atoms with Crippen LogP contribution in [0.25, 0.3) is 0 Å². The predicted molar refractivity (Wildman–Crippen MR) is 160 cm³/mol. The predicted octanol–water partition coefficient (Wildman–Crippen LogP) is 6.75. The standard InChI is InChI=1S/C31H27Cl2N3O5/c1-2-39-29-17-22(8-14-28(29)40-19-21-6-4-3-5-7-21)31(38)36-34-18-23-16-25(33)11-15-27(23)41-20-30(37)35-26-12-9-24(32)10-13-26/h3-18H,2,19-20H2,1H3,(H,35,37)(H,36,38)/b34-18+. The van der Waals surface area contributed by atoms with Gasteiger partial charge in [-0.25, -0.2) is 5.43 Å². The summed E-state index contributed by atoms with van der Waals surface area (Å²) >= 11 is 12.0. The number of benzene rings is 4. The third kappa shape index (κ3) is 8.99. The summed E-state index contributed by atoms with van der Waals surface area (Å²) in [5, 5.41) is 7.77. The van der Waals surface area contributed by atoms with Gasteiger partial charge >= 0.3 is 0 Å². The van der Waals surface area contributed by atoms with Crippen LogP contribution in [-0.4, -0.2) is 31.2 Å². The number of ether oxygens (including phenoxy) is 3. The molecule has 4 aromatic carbocycles. The zero-order chi connectivity index (χ0) is 29.0. The Bertz CT molecular complexity index is 1510. The Hall–Kier alpha value is -4.53. The van der Waals surface area contributed by atoms with E-state index in [1.807, 2.05) is 37.3 Å². The molecule has 8 nitrogen and oxygen atoms in total. The van der Waals surface area contributed by atoms with Gasteiger partial charge in [0.2, 0.25) is 0 Å². The Morgan fingerprint density at radius 2 is 1.54 bits per heavy atom. The number of hydrazone groups is 1. The number of rotatable bonds is 12. The first-order chi connectivity index (χ1) is 19.9. The van der Waals surface area contributed by atoms with Crippen LogP contribution >= 0.6 is 23.2 Å². The maximum absolute atomic E-state index is 12.8. The van der Waals surface area contributed by atoms with Crippen LogP contribution in [0.5, 0.6) is 17.2 Å². The molecule has 0 saturated heterocycles. The zero-order valence-electron chi connectivity index (χ0n) is 22.1. The van der Waals surface area contributed by atoms with Crippen LogP contribution in [0.2, 0.25) is 10.0 Å². The molecule has 4 aromatic rings. The quantitative estimate of drug-likeness (QED) is 0.140. The molecule has 0 aliphatic carbocycles. The second-order valence-corrected chi connectivity index (χ2v) is 9.47. The van der Waals surface area contributed by atoms with Crippen LogP contribution in [0.4, 0.5) is 5.69 Å². The minimum Gasteiger partial charge on any atom is -0.490 e. The highest BCUT2D eigenvalue weighted by atomic mass is 35.5. The molecule has 0 atom stereocenters. The minimum atomic E-state index is -0.455. The fraction of sp³-hybridized carbons (Fsp3) is 0.129. The summed E-state index contributed by atoms with van der Waals surface area (Å²) in [5.41, 5.74) is 4.89. The molecule has 0 radical (unpaired) electrons. The van der Waals surface area contributed by atoms with Crippen molar-refractivity contribution in [3.8, 4) is 17.2 Å². The lowest BCUT2D eigenvalue weighted by Gasteiger charge is -2.13. The van der Waals surface area contributed by atoms with Crippen molar-refractivity contribution < 1.29 is 23.8 Å². The van der Waals surface area contributed by atoms with E-state index < -0.39 is 5.91 Å². The molecular formula is C31H27Cl2N3O5. The highest BCUT2D eigenvalue weighted by Gasteiger charge is 2.12. The number of anilines is 1. The van der Waals surface area contributed by atoms with Crippen molar-refractivity contribution in [2.45, 2.75) is 13.5 Å². The van der Waals surface area contributed by atoms with Gasteiger partial charge in [-0.15, -0.1) is 0 Å². The summed E-state index contributed by atoms with van der Waals surface area (Å²) < 4.78 is 17.3. The van der Waals surface area contributed by atoms with E-state index in [9.17, 15) is 9.59 Å². The van der Waals surface area contributed by atoms with Crippen LogP contribution in [0.1, 0.15) is 28.4 Å². The Labute approximate surface area is 247 Å². The molecule has 0 aliphatic heterocycles. The molecule has 41 heavy (non-hydrogen) atoms. The summed E-state index contributed by atoms with van der Waals surface area (Å²) in [7, 11) is 0. The lowest BCUT2D eigenvalue weighted by atomic mass is 10.2. The van der Waals surface area contributed by atoms with Crippen LogP contribution < -0.4 is 25.0 Å². The molecule has 2 amide bonds. The van der Waals surface area contributed by atoms with E-state index in [0.29, 0.717) is 57.3 Å². The second kappa shape index (κ2) is 14.7. The van der Waals surface area contributed by atoms with Crippen LogP contribution in [0.3, 0.4) is 0 Å². The molecule has 210 valence electrons. The third-order valence-corrected chi connectivity index (χ3v) is 6.06. The summed E-state index contributed by atoms with van der Waals surface area (Å²) in [6, 6.07) is 26.2. The van der Waals surface area contributed by atoms with Crippen molar-refractivity contribution in [1.29, 1.82) is 0 Å². The molecule has 0 heterocycles. The van der Waals surface area contributed by atoms with E-state index in [2.05, 4.69) is 15.8 Å². The van der Waals surface area contributed by atoms with Crippen LogP contribution in [0.15, 0.2) is 96.1 Å². The van der Waals surface area contributed by atoms with Gasteiger partial charge < -0.3 is 19.5 Å². The van der Waals surface area contributed by atoms with Gasteiger partial charge in [-0.3, -0.25) is 9.59 Å². The van der Waals surface area contributed by atoms with Gasteiger partial charge in [0, 0.05) is 26.9 Å². The lowest BCUT2D eigenvalue weighted by Crippen LogP contribution is -2.20. The summed E-state index contributed by atoms with van der Waals surface area (Å²) in [6.07, 6.45) is 1.39. The summed E-state index contributed by atoms with van der Waals surface area (Å²) in [5.74, 6) is 0.514. The third-order valence-electron chi connectivity index (χ3n) is 5.57. The van der Waals surface area contributed by atoms with Gasteiger partial charge in [0.05, 0.1) is 12.8 Å². The molecule has 0 fully saturated rings. The Kier molecular flexibility index (Phi) is 10.6. The molecule has 0 bridgehead atoms. The van der Waals surface area contributed by atoms with E-state index in [-0.39, 0.29) is 12.5 Å². The fourth-order valence-electron chi connectivity index (χ4n) is 3.62. The smallest absolute Gasteiger partial charge is 0.271 e. The molecule has 2 N–H and O–H groups in total. The van der Waals surface area contributed by atoms with E-state index in [0.717, 1.165) is 5.56 Å². The molecule has 4 rings (SSSR count). The van der Waals surface area contributed by atoms with Gasteiger partial charge in [-0.05, 0) is 73.2 Å². The number of nitrogens with zero attached hydrogens (tertiary/aromatic N) is 1. The van der Waals surface area contributed by atoms with Crippen LogP contribution in [-0.2, 0) is 11.4 Å². The Morgan fingerprint density at radius 1 is 0.805 bits per heavy atom. The fourth-order valence-corrected chi connectivity index (χ4v) is 3.93. The molecule has 10 heteroatoms. The molecular weight excluding hydrogens is 565 g/mol. The first kappa shape index (κ1) is 29.5. The maximum Gasteiger partial charge on any atom is 0.271 e. The van der Waals surface area contributed by atoms with Crippen molar-refractivity contribution in [3.63, 3.8) is 0 Å². The first-order valence-electron chi connectivity index (χ1n) is 12.7. The van der Waals surface area contributed by atoms with Crippen molar-refractivity contribution in [2.24, 2.45) is 5.10 Å². The maximum atomic E-state index is 12.8. The van der Waals surface area contributed by atoms with Gasteiger partial charge in [0.25, 0.3) is 11.8 Å². The van der Waals surface area contributed by atoms with E-state index in [1.54, 1.807) is 60.7 Å². The van der Waals surface area contributed by atoms with Gasteiger partial charge in [0.1, 0.15) is 12.4 Å². The highest BCUT2D eigenvalue weighted by Crippen LogP contribution is 2.29. The topological polar surface area (TPSA) is 98.3 Å². The number of carbonyl (C=O) groups is 2. The number of amides is 2. The molecule has 0 aliphatic rings. The highest BCUT2D eigenvalue weighted by molar-refractivity contribution is 6.31. The molecule has 0 aromatic heterocycles. The number of halogens is 2. The zero-order valence-corrected chi connectivity index (χ0v) is 23.6. The normalized spacial score (nSPS) is 10.7. The lowest BCUT2D eigenvalue weighted by molar-refractivity contribution is -0.118. The van der Waals surface area contributed by atoms with Gasteiger partial charge in [-0.2, -0.15) is 5.10 Å². The second-order valence-electron chi connectivity index (χ2n) is 8.59. The Morgan fingerprint density at radius 3 is 2.29 bits per heavy atom. The summed E-state index contributed by atoms with van der Waals surface area (Å²) in [6.45, 7) is 2.37. The number of carbonyl (C=O) groups excluding carboxylic acids is 2. The largest absolute Gasteiger partial charge is 0.490 e. The van der Waals surface area contributed by atoms with Crippen LogP contribution in [0, 0.1) is 0 Å². The van der Waals surface area contributed by atoms with Gasteiger partial charge in [-0.1, -0.05) is 53.5 Å². The van der Waals surface area contributed by atoms with E-state index >= 15 is 0 Å². The summed E-state index contributed by atoms with van der Waals surface area (Å²) in [4.78, 5) is 25.1. The monoisotopic (exact) mass is 591 g/mol. The number of hydrogen-bond donors (Lipinski definition) is 2. The van der Waals surface area contributed by atoms with Crippen molar-refractivity contribution in [2.75, 3.05) is 18.5 Å².